The maximum atomic E-state index is 4.83. The summed E-state index contributed by atoms with van der Waals surface area (Å²) < 4.78 is 0. The fraction of sp³-hybridized carbons (Fsp3) is 0.400. The predicted molar refractivity (Wildman–Crippen MR) is 78.6 cm³/mol. The quantitative estimate of drug-likeness (QED) is 0.824. The molecule has 2 aliphatic heterocycles. The van der Waals surface area contributed by atoms with Gasteiger partial charge in [-0.3, -0.25) is 4.99 Å². The number of hydrogen-bond donors (Lipinski definition) is 0. The van der Waals surface area contributed by atoms with Crippen LogP contribution in [0, 0.1) is 5.92 Å². The Kier molecular flexibility index (Phi) is 3.16. The van der Waals surface area contributed by atoms with Crippen LogP contribution in [0.2, 0.25) is 0 Å². The lowest BCUT2D eigenvalue weighted by Crippen LogP contribution is -2.26. The van der Waals surface area contributed by atoms with Crippen molar-refractivity contribution in [3.63, 3.8) is 0 Å². The van der Waals surface area contributed by atoms with Crippen LogP contribution in [0.5, 0.6) is 0 Å². The Balaban J connectivity index is 1.69. The smallest absolute Gasteiger partial charge is 0.168 e. The minimum Gasteiger partial charge on any atom is -0.322 e. The van der Waals surface area contributed by atoms with Crippen molar-refractivity contribution in [2.24, 2.45) is 10.9 Å². The fourth-order valence-electron chi connectivity index (χ4n) is 2.49. The Bertz CT molecular complexity index is 490. The number of aliphatic imine (C=N–C) groups is 1. The van der Waals surface area contributed by atoms with Gasteiger partial charge in [-0.25, -0.2) is 0 Å². The summed E-state index contributed by atoms with van der Waals surface area (Å²) in [5.74, 6) is 0.584. The van der Waals surface area contributed by atoms with Crippen molar-refractivity contribution < 1.29 is 0 Å². The van der Waals surface area contributed by atoms with Gasteiger partial charge in [0.25, 0.3) is 0 Å². The molecule has 1 unspecified atom stereocenters. The van der Waals surface area contributed by atoms with E-state index in [4.69, 9.17) is 4.99 Å². The lowest BCUT2D eigenvalue weighted by molar-refractivity contribution is 0.460. The maximum Gasteiger partial charge on any atom is 0.168 e. The number of hydrogen-bond acceptors (Lipinski definition) is 3. The zero-order valence-electron chi connectivity index (χ0n) is 10.8. The van der Waals surface area contributed by atoms with E-state index in [1.807, 2.05) is 0 Å². The highest BCUT2D eigenvalue weighted by atomic mass is 32.2. The van der Waals surface area contributed by atoms with Crippen molar-refractivity contribution in [3.05, 3.63) is 47.0 Å². The van der Waals surface area contributed by atoms with Gasteiger partial charge < -0.3 is 4.90 Å². The SMILES string of the molecule is CC(C)C1=CSC2=NC(Cc3ccccc3)CN12. The van der Waals surface area contributed by atoms with Crippen LogP contribution in [0.4, 0.5) is 0 Å². The number of amidine groups is 1. The van der Waals surface area contributed by atoms with E-state index in [1.54, 1.807) is 11.8 Å². The fourth-order valence-corrected chi connectivity index (χ4v) is 3.63. The van der Waals surface area contributed by atoms with Crippen molar-refractivity contribution in [2.45, 2.75) is 26.3 Å². The Labute approximate surface area is 113 Å². The molecule has 1 aromatic rings. The summed E-state index contributed by atoms with van der Waals surface area (Å²) in [5, 5.41) is 3.45. The molecule has 0 aliphatic carbocycles. The summed E-state index contributed by atoms with van der Waals surface area (Å²) in [6.45, 7) is 5.54. The average Bonchev–Trinajstić information content (AvgIpc) is 2.89. The molecular formula is C15H18N2S. The lowest BCUT2D eigenvalue weighted by Gasteiger charge is -2.20. The van der Waals surface area contributed by atoms with Crippen LogP contribution in [0.25, 0.3) is 0 Å². The van der Waals surface area contributed by atoms with Gasteiger partial charge in [-0.2, -0.15) is 0 Å². The van der Waals surface area contributed by atoms with Crippen LogP contribution in [0.3, 0.4) is 0 Å². The molecule has 3 rings (SSSR count). The van der Waals surface area contributed by atoms with Crippen LogP contribution in [0.15, 0.2) is 46.4 Å². The molecule has 94 valence electrons. The van der Waals surface area contributed by atoms with Crippen molar-refractivity contribution in [2.75, 3.05) is 6.54 Å². The van der Waals surface area contributed by atoms with E-state index in [2.05, 4.69) is 54.5 Å². The summed E-state index contributed by atoms with van der Waals surface area (Å²) in [6.07, 6.45) is 1.05. The van der Waals surface area contributed by atoms with E-state index in [0.29, 0.717) is 12.0 Å². The highest BCUT2D eigenvalue weighted by molar-refractivity contribution is 8.16. The van der Waals surface area contributed by atoms with Crippen LogP contribution < -0.4 is 0 Å². The van der Waals surface area contributed by atoms with Gasteiger partial charge in [0.1, 0.15) is 0 Å². The molecule has 2 heterocycles. The molecule has 0 spiro atoms. The topological polar surface area (TPSA) is 15.6 Å². The van der Waals surface area contributed by atoms with E-state index < -0.39 is 0 Å². The first-order valence-corrected chi connectivity index (χ1v) is 7.38. The van der Waals surface area contributed by atoms with Gasteiger partial charge in [-0.15, -0.1) is 0 Å². The van der Waals surface area contributed by atoms with Gasteiger partial charge >= 0.3 is 0 Å². The molecule has 2 aliphatic rings. The third kappa shape index (κ3) is 2.19. The first-order valence-electron chi connectivity index (χ1n) is 6.50. The molecule has 18 heavy (non-hydrogen) atoms. The molecule has 0 radical (unpaired) electrons. The third-order valence-corrected chi connectivity index (χ3v) is 4.32. The first kappa shape index (κ1) is 11.8. The normalized spacial score (nSPS) is 22.2. The van der Waals surface area contributed by atoms with Crippen molar-refractivity contribution in [1.29, 1.82) is 0 Å². The van der Waals surface area contributed by atoms with Gasteiger partial charge in [0.2, 0.25) is 0 Å². The number of benzene rings is 1. The molecule has 1 aromatic carbocycles. The number of thioether (sulfide) groups is 1. The Morgan fingerprint density at radius 3 is 2.83 bits per heavy atom. The second-order valence-corrected chi connectivity index (χ2v) is 6.02. The molecule has 0 aromatic heterocycles. The second-order valence-electron chi connectivity index (χ2n) is 5.18. The van der Waals surface area contributed by atoms with E-state index in [9.17, 15) is 0 Å². The predicted octanol–water partition coefficient (Wildman–Crippen LogP) is 3.51. The van der Waals surface area contributed by atoms with Crippen LogP contribution in [-0.4, -0.2) is 22.7 Å². The van der Waals surface area contributed by atoms with Crippen LogP contribution in [-0.2, 0) is 6.42 Å². The number of allylic oxidation sites excluding steroid dienone is 1. The molecular weight excluding hydrogens is 240 g/mol. The minimum absolute atomic E-state index is 0.414. The molecule has 1 atom stereocenters. The Hall–Kier alpha value is -1.22. The average molecular weight is 258 g/mol. The van der Waals surface area contributed by atoms with Crippen molar-refractivity contribution in [1.82, 2.24) is 4.90 Å². The Morgan fingerprint density at radius 2 is 2.11 bits per heavy atom. The zero-order valence-corrected chi connectivity index (χ0v) is 11.7. The molecule has 0 N–H and O–H groups in total. The molecule has 0 amide bonds. The first-order chi connectivity index (χ1) is 8.74. The monoisotopic (exact) mass is 258 g/mol. The number of rotatable bonds is 3. The molecule has 3 heteroatoms. The summed E-state index contributed by atoms with van der Waals surface area (Å²) in [5.41, 5.74) is 2.81. The summed E-state index contributed by atoms with van der Waals surface area (Å²) >= 11 is 1.78. The zero-order chi connectivity index (χ0) is 12.5. The van der Waals surface area contributed by atoms with Gasteiger partial charge in [-0.1, -0.05) is 55.9 Å². The van der Waals surface area contributed by atoms with E-state index in [0.717, 1.165) is 13.0 Å². The van der Waals surface area contributed by atoms with E-state index in [-0.39, 0.29) is 0 Å². The standard InChI is InChI=1S/C15H18N2S/c1-11(2)14-10-18-15-16-13(9-17(14)15)8-12-6-4-3-5-7-12/h3-7,10-11,13H,8-9H2,1-2H3. The van der Waals surface area contributed by atoms with E-state index in [1.165, 1.54) is 16.4 Å². The molecule has 2 nitrogen and oxygen atoms in total. The minimum atomic E-state index is 0.414. The molecule has 0 saturated heterocycles. The lowest BCUT2D eigenvalue weighted by atomic mass is 10.1. The van der Waals surface area contributed by atoms with Gasteiger partial charge in [0.15, 0.2) is 5.17 Å². The number of fused-ring (bicyclic) bond motifs is 1. The highest BCUT2D eigenvalue weighted by Crippen LogP contribution is 2.35. The van der Waals surface area contributed by atoms with Crippen LogP contribution in [0.1, 0.15) is 19.4 Å². The highest BCUT2D eigenvalue weighted by Gasteiger charge is 2.32. The van der Waals surface area contributed by atoms with Crippen molar-refractivity contribution >= 4 is 16.9 Å². The summed E-state index contributed by atoms with van der Waals surface area (Å²) in [4.78, 5) is 7.22. The van der Waals surface area contributed by atoms with Crippen molar-refractivity contribution in [3.8, 4) is 0 Å². The van der Waals surface area contributed by atoms with Gasteiger partial charge in [0.05, 0.1) is 6.04 Å². The van der Waals surface area contributed by atoms with Gasteiger partial charge in [-0.05, 0) is 23.3 Å². The van der Waals surface area contributed by atoms with Gasteiger partial charge in [0, 0.05) is 12.2 Å². The number of nitrogens with zero attached hydrogens (tertiary/aromatic N) is 2. The summed E-state index contributed by atoms with van der Waals surface area (Å²) in [6, 6.07) is 11.1. The second kappa shape index (κ2) is 4.81. The summed E-state index contributed by atoms with van der Waals surface area (Å²) in [7, 11) is 0. The van der Waals surface area contributed by atoms with Crippen LogP contribution >= 0.6 is 11.8 Å². The molecule has 0 bridgehead atoms. The maximum absolute atomic E-state index is 4.83. The molecule has 0 saturated carbocycles. The largest absolute Gasteiger partial charge is 0.322 e. The van der Waals surface area contributed by atoms with E-state index >= 15 is 0 Å². The molecule has 0 fully saturated rings. The third-order valence-electron chi connectivity index (χ3n) is 3.42. The Morgan fingerprint density at radius 1 is 1.33 bits per heavy atom.